The van der Waals surface area contributed by atoms with Crippen molar-refractivity contribution in [2.75, 3.05) is 32.1 Å². The molecule has 0 aliphatic carbocycles. The van der Waals surface area contributed by atoms with Gasteiger partial charge in [0.05, 0.1) is 19.7 Å². The van der Waals surface area contributed by atoms with Gasteiger partial charge in [-0.1, -0.05) is 18.2 Å². The maximum Gasteiger partial charge on any atom is 0.319 e. The maximum absolute atomic E-state index is 12.6. The highest BCUT2D eigenvalue weighted by molar-refractivity contribution is 5.98. The summed E-state index contributed by atoms with van der Waals surface area (Å²) < 4.78 is 4.65. The van der Waals surface area contributed by atoms with Crippen LogP contribution in [0.25, 0.3) is 0 Å². The van der Waals surface area contributed by atoms with Crippen LogP contribution in [0.2, 0.25) is 0 Å². The largest absolute Gasteiger partial charge is 0.468 e. The van der Waals surface area contributed by atoms with Crippen molar-refractivity contribution < 1.29 is 14.3 Å². The Kier molecular flexibility index (Phi) is 4.74. The van der Waals surface area contributed by atoms with Gasteiger partial charge in [-0.3, -0.25) is 14.5 Å². The molecule has 1 amide bonds. The van der Waals surface area contributed by atoms with E-state index < -0.39 is 0 Å². The summed E-state index contributed by atoms with van der Waals surface area (Å²) in [5, 5.41) is 0. The van der Waals surface area contributed by atoms with Gasteiger partial charge in [-0.25, -0.2) is 0 Å². The smallest absolute Gasteiger partial charge is 0.319 e. The highest BCUT2D eigenvalue weighted by atomic mass is 16.5. The molecule has 0 radical (unpaired) electrons. The maximum atomic E-state index is 12.6. The lowest BCUT2D eigenvalue weighted by Gasteiger charge is -2.36. The van der Waals surface area contributed by atoms with Gasteiger partial charge in [0.25, 0.3) is 0 Å². The van der Waals surface area contributed by atoms with E-state index in [-0.39, 0.29) is 24.5 Å². The molecule has 1 fully saturated rings. The van der Waals surface area contributed by atoms with Crippen molar-refractivity contribution in [2.24, 2.45) is 0 Å². The minimum Gasteiger partial charge on any atom is -0.468 e. The van der Waals surface area contributed by atoms with Gasteiger partial charge in [0, 0.05) is 12.2 Å². The van der Waals surface area contributed by atoms with E-state index in [4.69, 9.17) is 0 Å². The molecule has 1 aromatic carbocycles. The van der Waals surface area contributed by atoms with E-state index in [9.17, 15) is 9.59 Å². The third-order valence-corrected chi connectivity index (χ3v) is 3.62. The number of para-hydroxylation sites is 1. The topological polar surface area (TPSA) is 49.9 Å². The van der Waals surface area contributed by atoms with E-state index in [1.807, 2.05) is 30.3 Å². The van der Waals surface area contributed by atoms with Crippen molar-refractivity contribution in [1.29, 1.82) is 0 Å². The number of hydrogen-bond acceptors (Lipinski definition) is 4. The van der Waals surface area contributed by atoms with Crippen LogP contribution in [0.1, 0.15) is 12.8 Å². The highest BCUT2D eigenvalue weighted by Crippen LogP contribution is 2.22. The Bertz CT molecular complexity index is 475. The highest BCUT2D eigenvalue weighted by Gasteiger charge is 2.33. The normalized spacial score (nSPS) is 19.2. The number of amides is 1. The molecule has 1 aromatic rings. The van der Waals surface area contributed by atoms with E-state index in [2.05, 4.69) is 4.74 Å². The van der Waals surface area contributed by atoms with Crippen LogP contribution in [0.3, 0.4) is 0 Å². The zero-order valence-corrected chi connectivity index (χ0v) is 11.9. The fourth-order valence-electron chi connectivity index (χ4n) is 2.51. The predicted octanol–water partition coefficient (Wildman–Crippen LogP) is 1.29. The van der Waals surface area contributed by atoms with Gasteiger partial charge in [-0.15, -0.1) is 0 Å². The summed E-state index contributed by atoms with van der Waals surface area (Å²) in [5.74, 6) is -0.272. The minimum absolute atomic E-state index is 0.0499. The first kappa shape index (κ1) is 14.5. The molecule has 5 nitrogen and oxygen atoms in total. The number of hydrogen-bond donors (Lipinski definition) is 0. The van der Waals surface area contributed by atoms with Crippen molar-refractivity contribution in [2.45, 2.75) is 18.9 Å². The van der Waals surface area contributed by atoms with Crippen LogP contribution in [0, 0.1) is 0 Å². The van der Waals surface area contributed by atoms with Gasteiger partial charge < -0.3 is 9.64 Å². The molecule has 1 saturated heterocycles. The molecule has 0 saturated carbocycles. The Balaban J connectivity index is 2.09. The Morgan fingerprint density at radius 1 is 1.40 bits per heavy atom. The summed E-state index contributed by atoms with van der Waals surface area (Å²) in [5.41, 5.74) is 0.911. The molecule has 5 heteroatoms. The van der Waals surface area contributed by atoms with E-state index in [1.54, 1.807) is 16.8 Å². The first-order valence-electron chi connectivity index (χ1n) is 6.77. The molecular weight excluding hydrogens is 256 g/mol. The van der Waals surface area contributed by atoms with Crippen molar-refractivity contribution in [3.8, 4) is 0 Å². The number of ether oxygens (including phenoxy) is 1. The quantitative estimate of drug-likeness (QED) is 0.778. The standard InChI is InChI=1S/C15H20N2O3/c1-16(11-14(18)20-2)13-9-6-10-17(15(13)19)12-7-4-3-5-8-12/h3-5,7-8,13H,6,9-11H2,1-2H3. The van der Waals surface area contributed by atoms with E-state index in [0.717, 1.165) is 25.1 Å². The predicted molar refractivity (Wildman–Crippen MR) is 76.5 cm³/mol. The Hall–Kier alpha value is -1.88. The zero-order valence-electron chi connectivity index (χ0n) is 11.9. The lowest BCUT2D eigenvalue weighted by atomic mass is 10.0. The van der Waals surface area contributed by atoms with Crippen molar-refractivity contribution in [3.63, 3.8) is 0 Å². The monoisotopic (exact) mass is 276 g/mol. The Labute approximate surface area is 119 Å². The van der Waals surface area contributed by atoms with E-state index in [1.165, 1.54) is 7.11 Å². The first-order chi connectivity index (χ1) is 9.63. The van der Waals surface area contributed by atoms with Crippen molar-refractivity contribution in [1.82, 2.24) is 4.90 Å². The first-order valence-corrected chi connectivity index (χ1v) is 6.77. The number of carbonyl (C=O) groups is 2. The second kappa shape index (κ2) is 6.52. The number of benzene rings is 1. The Morgan fingerprint density at radius 3 is 2.75 bits per heavy atom. The van der Waals surface area contributed by atoms with Crippen molar-refractivity contribution in [3.05, 3.63) is 30.3 Å². The number of carbonyl (C=O) groups excluding carboxylic acids is 2. The molecule has 0 aromatic heterocycles. The molecule has 0 N–H and O–H groups in total. The summed E-state index contributed by atoms with van der Waals surface area (Å²) in [7, 11) is 3.14. The lowest BCUT2D eigenvalue weighted by molar-refractivity contribution is -0.142. The summed E-state index contributed by atoms with van der Waals surface area (Å²) in [6.45, 7) is 0.862. The van der Waals surface area contributed by atoms with Gasteiger partial charge in [0.2, 0.25) is 5.91 Å². The van der Waals surface area contributed by atoms with Gasteiger partial charge >= 0.3 is 5.97 Å². The number of nitrogens with zero attached hydrogens (tertiary/aromatic N) is 2. The van der Waals surface area contributed by atoms with Crippen molar-refractivity contribution >= 4 is 17.6 Å². The Morgan fingerprint density at radius 2 is 2.10 bits per heavy atom. The molecule has 2 rings (SSSR count). The molecule has 1 atom stereocenters. The molecular formula is C15H20N2O3. The van der Waals surface area contributed by atoms with Gasteiger partial charge in [0.15, 0.2) is 0 Å². The molecule has 20 heavy (non-hydrogen) atoms. The number of piperidine rings is 1. The number of rotatable bonds is 4. The third-order valence-electron chi connectivity index (χ3n) is 3.62. The summed E-state index contributed by atoms with van der Waals surface area (Å²) in [6, 6.07) is 9.37. The molecule has 1 unspecified atom stereocenters. The van der Waals surface area contributed by atoms with Crippen LogP contribution >= 0.6 is 0 Å². The number of methoxy groups -OCH3 is 1. The van der Waals surface area contributed by atoms with Crippen LogP contribution < -0.4 is 4.90 Å². The van der Waals surface area contributed by atoms with Crippen LogP contribution in [0.15, 0.2) is 30.3 Å². The van der Waals surface area contributed by atoms with E-state index in [0.29, 0.717) is 0 Å². The molecule has 1 aliphatic heterocycles. The molecule has 0 bridgehead atoms. The van der Waals surface area contributed by atoms with E-state index >= 15 is 0 Å². The molecule has 1 heterocycles. The van der Waals surface area contributed by atoms with Gasteiger partial charge in [0.1, 0.15) is 0 Å². The summed E-state index contributed by atoms with van der Waals surface area (Å²) in [4.78, 5) is 27.5. The second-order valence-electron chi connectivity index (χ2n) is 4.97. The summed E-state index contributed by atoms with van der Waals surface area (Å²) in [6.07, 6.45) is 1.70. The minimum atomic E-state index is -0.322. The molecule has 1 aliphatic rings. The van der Waals surface area contributed by atoms with Crippen LogP contribution in [-0.4, -0.2) is 50.1 Å². The number of esters is 1. The molecule has 0 spiro atoms. The number of anilines is 1. The summed E-state index contributed by atoms with van der Waals surface area (Å²) >= 11 is 0. The lowest BCUT2D eigenvalue weighted by Crippen LogP contribution is -2.52. The van der Waals surface area contributed by atoms with Gasteiger partial charge in [-0.05, 0) is 32.0 Å². The third kappa shape index (κ3) is 3.17. The SMILES string of the molecule is COC(=O)CN(C)C1CCCN(c2ccccc2)C1=O. The van der Waals surface area contributed by atoms with Crippen LogP contribution in [0.4, 0.5) is 5.69 Å². The zero-order chi connectivity index (χ0) is 14.5. The average molecular weight is 276 g/mol. The van der Waals surface area contributed by atoms with Gasteiger partial charge in [-0.2, -0.15) is 0 Å². The van der Waals surface area contributed by atoms with Crippen LogP contribution in [0.5, 0.6) is 0 Å². The van der Waals surface area contributed by atoms with Crippen LogP contribution in [-0.2, 0) is 14.3 Å². The average Bonchev–Trinajstić information content (AvgIpc) is 2.48. The second-order valence-corrected chi connectivity index (χ2v) is 4.97. The fourth-order valence-corrected chi connectivity index (χ4v) is 2.51. The molecule has 108 valence electrons. The fraction of sp³-hybridized carbons (Fsp3) is 0.467. The number of likely N-dealkylation sites (N-methyl/N-ethyl adjacent to an activating group) is 1.